The summed E-state index contributed by atoms with van der Waals surface area (Å²) in [5.74, 6) is 0.242. The van der Waals surface area contributed by atoms with Gasteiger partial charge in [0.1, 0.15) is 0 Å². The highest BCUT2D eigenvalue weighted by Crippen LogP contribution is 1.98. The zero-order valence-corrected chi connectivity index (χ0v) is 8.37. The van der Waals surface area contributed by atoms with Gasteiger partial charge in [-0.3, -0.25) is 14.3 Å². The second kappa shape index (κ2) is 4.64. The van der Waals surface area contributed by atoms with E-state index in [9.17, 15) is 9.59 Å². The second-order valence-corrected chi connectivity index (χ2v) is 3.04. The van der Waals surface area contributed by atoms with Crippen molar-refractivity contribution in [2.75, 3.05) is 6.61 Å². The Morgan fingerprint density at radius 2 is 2.21 bits per heavy atom. The average molecular weight is 198 g/mol. The largest absolute Gasteiger partial charge is 0.479 e. The Bertz CT molecular complexity index is 374. The van der Waals surface area contributed by atoms with E-state index in [2.05, 4.69) is 4.98 Å². The topological polar surface area (TPSA) is 64.1 Å². The third-order valence-electron chi connectivity index (χ3n) is 1.88. The van der Waals surface area contributed by atoms with Gasteiger partial charge in [-0.1, -0.05) is 13.3 Å². The molecule has 0 saturated heterocycles. The van der Waals surface area contributed by atoms with E-state index in [0.717, 1.165) is 17.4 Å². The van der Waals surface area contributed by atoms with Crippen molar-refractivity contribution in [3.8, 4) is 5.88 Å². The number of aromatic amines is 1. The van der Waals surface area contributed by atoms with Crippen molar-refractivity contribution in [1.29, 1.82) is 0 Å². The fourth-order valence-electron chi connectivity index (χ4n) is 0.939. The van der Waals surface area contributed by atoms with Crippen LogP contribution in [-0.4, -0.2) is 16.2 Å². The van der Waals surface area contributed by atoms with E-state index in [-0.39, 0.29) is 11.4 Å². The molecule has 1 N–H and O–H groups in total. The lowest BCUT2D eigenvalue weighted by atomic mass is 10.4. The zero-order chi connectivity index (χ0) is 10.6. The van der Waals surface area contributed by atoms with Crippen molar-refractivity contribution in [3.05, 3.63) is 26.9 Å². The molecule has 0 unspecified atom stereocenters. The van der Waals surface area contributed by atoms with Crippen molar-refractivity contribution in [2.45, 2.75) is 19.8 Å². The molecule has 1 aromatic heterocycles. The van der Waals surface area contributed by atoms with Gasteiger partial charge in [0.05, 0.1) is 12.7 Å². The van der Waals surface area contributed by atoms with E-state index in [0.29, 0.717) is 6.61 Å². The summed E-state index contributed by atoms with van der Waals surface area (Å²) in [5, 5.41) is 0. The predicted molar refractivity (Wildman–Crippen MR) is 52.7 cm³/mol. The molecular weight excluding hydrogens is 184 g/mol. The SMILES string of the molecule is CCCCOc1cc(=O)n(C)c(=O)[nH]1. The Hall–Kier alpha value is -1.52. The van der Waals surface area contributed by atoms with Gasteiger partial charge in [0, 0.05) is 7.05 Å². The fourth-order valence-corrected chi connectivity index (χ4v) is 0.939. The molecule has 0 fully saturated rings. The highest BCUT2D eigenvalue weighted by Gasteiger charge is 2.00. The summed E-state index contributed by atoms with van der Waals surface area (Å²) < 4.78 is 6.19. The number of ether oxygens (including phenoxy) is 1. The molecule has 5 heteroatoms. The Balaban J connectivity index is 2.80. The second-order valence-electron chi connectivity index (χ2n) is 3.04. The minimum Gasteiger partial charge on any atom is -0.479 e. The van der Waals surface area contributed by atoms with Gasteiger partial charge in [-0.2, -0.15) is 0 Å². The van der Waals surface area contributed by atoms with Crippen molar-refractivity contribution >= 4 is 0 Å². The first-order valence-electron chi connectivity index (χ1n) is 4.58. The van der Waals surface area contributed by atoms with Crippen LogP contribution in [0.5, 0.6) is 5.88 Å². The molecule has 1 heterocycles. The maximum Gasteiger partial charge on any atom is 0.330 e. The maximum atomic E-state index is 11.2. The minimum atomic E-state index is -0.455. The molecule has 0 spiro atoms. The van der Waals surface area contributed by atoms with Crippen LogP contribution in [-0.2, 0) is 7.05 Å². The van der Waals surface area contributed by atoms with Gasteiger partial charge < -0.3 is 4.74 Å². The number of hydrogen-bond donors (Lipinski definition) is 1. The molecule has 0 atom stereocenters. The van der Waals surface area contributed by atoms with Crippen LogP contribution < -0.4 is 16.0 Å². The number of nitrogens with zero attached hydrogens (tertiary/aromatic N) is 1. The first-order valence-corrected chi connectivity index (χ1v) is 4.58. The number of rotatable bonds is 4. The molecule has 0 saturated carbocycles. The molecule has 0 aliphatic rings. The van der Waals surface area contributed by atoms with Crippen LogP contribution in [0.15, 0.2) is 15.7 Å². The van der Waals surface area contributed by atoms with E-state index >= 15 is 0 Å². The van der Waals surface area contributed by atoms with Gasteiger partial charge in [0.25, 0.3) is 5.56 Å². The van der Waals surface area contributed by atoms with E-state index < -0.39 is 5.69 Å². The van der Waals surface area contributed by atoms with Crippen LogP contribution in [0.1, 0.15) is 19.8 Å². The normalized spacial score (nSPS) is 10.1. The summed E-state index contributed by atoms with van der Waals surface area (Å²) in [6.45, 7) is 2.55. The average Bonchev–Trinajstić information content (AvgIpc) is 2.14. The minimum absolute atomic E-state index is 0.242. The summed E-state index contributed by atoms with van der Waals surface area (Å²) in [6.07, 6.45) is 1.91. The predicted octanol–water partition coefficient (Wildman–Crippen LogP) is 0.253. The van der Waals surface area contributed by atoms with Gasteiger partial charge >= 0.3 is 5.69 Å². The Morgan fingerprint density at radius 1 is 1.50 bits per heavy atom. The van der Waals surface area contributed by atoms with Crippen molar-refractivity contribution in [3.63, 3.8) is 0 Å². The highest BCUT2D eigenvalue weighted by molar-refractivity contribution is 5.05. The highest BCUT2D eigenvalue weighted by atomic mass is 16.5. The van der Waals surface area contributed by atoms with Crippen LogP contribution in [0.25, 0.3) is 0 Å². The van der Waals surface area contributed by atoms with Gasteiger partial charge in [-0.15, -0.1) is 0 Å². The molecule has 14 heavy (non-hydrogen) atoms. The maximum absolute atomic E-state index is 11.2. The van der Waals surface area contributed by atoms with Gasteiger partial charge in [0.15, 0.2) is 5.88 Å². The van der Waals surface area contributed by atoms with Crippen molar-refractivity contribution in [2.24, 2.45) is 7.05 Å². The van der Waals surface area contributed by atoms with E-state index in [4.69, 9.17) is 4.74 Å². The third-order valence-corrected chi connectivity index (χ3v) is 1.88. The van der Waals surface area contributed by atoms with Crippen molar-refractivity contribution in [1.82, 2.24) is 9.55 Å². The van der Waals surface area contributed by atoms with E-state index in [1.807, 2.05) is 6.92 Å². The summed E-state index contributed by atoms with van der Waals surface area (Å²) in [7, 11) is 1.41. The molecule has 1 aromatic rings. The molecule has 0 aromatic carbocycles. The number of aromatic nitrogens is 2. The summed E-state index contributed by atoms with van der Waals surface area (Å²) in [5.41, 5.74) is -0.816. The molecule has 0 amide bonds. The summed E-state index contributed by atoms with van der Waals surface area (Å²) in [6, 6.07) is 1.27. The van der Waals surface area contributed by atoms with Crippen molar-refractivity contribution < 1.29 is 4.74 Å². The fraction of sp³-hybridized carbons (Fsp3) is 0.556. The first kappa shape index (κ1) is 10.6. The van der Waals surface area contributed by atoms with Gasteiger partial charge in [-0.25, -0.2) is 4.79 Å². The van der Waals surface area contributed by atoms with E-state index in [1.165, 1.54) is 13.1 Å². The van der Waals surface area contributed by atoms with Crippen LogP contribution in [0.4, 0.5) is 0 Å². The molecular formula is C9H14N2O3. The molecule has 0 radical (unpaired) electrons. The molecule has 0 aliphatic heterocycles. The van der Waals surface area contributed by atoms with Gasteiger partial charge in [0.2, 0.25) is 0 Å². The van der Waals surface area contributed by atoms with E-state index in [1.54, 1.807) is 0 Å². The zero-order valence-electron chi connectivity index (χ0n) is 8.37. The number of nitrogens with one attached hydrogen (secondary N) is 1. The molecule has 78 valence electrons. The number of H-pyrrole nitrogens is 1. The lowest BCUT2D eigenvalue weighted by molar-refractivity contribution is 0.294. The lowest BCUT2D eigenvalue weighted by Gasteiger charge is -2.04. The Labute approximate surface area is 81.3 Å². The molecule has 1 rings (SSSR count). The Morgan fingerprint density at radius 3 is 2.79 bits per heavy atom. The molecule has 0 aliphatic carbocycles. The van der Waals surface area contributed by atoms with Crippen LogP contribution >= 0.6 is 0 Å². The number of unbranched alkanes of at least 4 members (excludes halogenated alkanes) is 1. The van der Waals surface area contributed by atoms with Crippen LogP contribution in [0.3, 0.4) is 0 Å². The quantitative estimate of drug-likeness (QED) is 0.705. The lowest BCUT2D eigenvalue weighted by Crippen LogP contribution is -2.32. The monoisotopic (exact) mass is 198 g/mol. The molecule has 0 bridgehead atoms. The van der Waals surface area contributed by atoms with Gasteiger partial charge in [-0.05, 0) is 6.42 Å². The number of hydrogen-bond acceptors (Lipinski definition) is 3. The third kappa shape index (κ3) is 2.48. The first-order chi connectivity index (χ1) is 6.65. The van der Waals surface area contributed by atoms with Crippen LogP contribution in [0.2, 0.25) is 0 Å². The standard InChI is InChI=1S/C9H14N2O3/c1-3-4-5-14-7-6-8(12)11(2)9(13)10-7/h6H,3-5H2,1-2H3,(H,10,13). The summed E-state index contributed by atoms with van der Waals surface area (Å²) in [4.78, 5) is 24.7. The Kier molecular flexibility index (Phi) is 3.50. The molecule has 5 nitrogen and oxygen atoms in total. The smallest absolute Gasteiger partial charge is 0.330 e. The van der Waals surface area contributed by atoms with Crippen LogP contribution in [0, 0.1) is 0 Å². The summed E-state index contributed by atoms with van der Waals surface area (Å²) >= 11 is 0.